The van der Waals surface area contributed by atoms with Crippen LogP contribution in [0.15, 0.2) is 106 Å². The standard InChI is InChI=1S/C32H28IN3O6/c1-36-26-18-27(37)25(32(40)41)17-24(26)29(33)30(36)19-7-9-20(10-8-19)31(39)34-16-15-28(38)35-21-11-13-23(14-12-21)42-22-5-3-2-4-6-22/h2-14,17-18,24,26,37H,15-16H2,1H3,(H,34,39)(H,35,38)(H,40,41). The Balaban J connectivity index is 1.13. The predicted molar refractivity (Wildman–Crippen MR) is 167 cm³/mol. The van der Waals surface area contributed by atoms with Crippen LogP contribution < -0.4 is 15.4 Å². The molecule has 3 aromatic rings. The number of aliphatic hydroxyl groups excluding tert-OH is 1. The maximum absolute atomic E-state index is 12.7. The van der Waals surface area contributed by atoms with Gasteiger partial charge in [-0.1, -0.05) is 36.4 Å². The third-order valence-electron chi connectivity index (χ3n) is 7.04. The first-order valence-corrected chi connectivity index (χ1v) is 14.3. The molecule has 0 bridgehead atoms. The number of nitrogens with zero attached hydrogens (tertiary/aromatic N) is 1. The van der Waals surface area contributed by atoms with Gasteiger partial charge >= 0.3 is 5.97 Å². The molecule has 0 aromatic heterocycles. The molecule has 2 atom stereocenters. The Labute approximate surface area is 256 Å². The quantitative estimate of drug-likeness (QED) is 0.213. The van der Waals surface area contributed by atoms with Crippen molar-refractivity contribution in [3.05, 3.63) is 117 Å². The molecule has 1 heterocycles. The number of amides is 2. The Morgan fingerprint density at radius 3 is 2.26 bits per heavy atom. The highest BCUT2D eigenvalue weighted by Crippen LogP contribution is 2.46. The highest BCUT2D eigenvalue weighted by atomic mass is 127. The van der Waals surface area contributed by atoms with E-state index >= 15 is 0 Å². The Morgan fingerprint density at radius 1 is 0.929 bits per heavy atom. The third kappa shape index (κ3) is 6.33. The highest BCUT2D eigenvalue weighted by molar-refractivity contribution is 14.1. The van der Waals surface area contributed by atoms with Crippen molar-refractivity contribution in [1.29, 1.82) is 0 Å². The van der Waals surface area contributed by atoms with Crippen LogP contribution in [0.1, 0.15) is 22.3 Å². The zero-order valence-electron chi connectivity index (χ0n) is 22.6. The molecule has 1 aliphatic carbocycles. The van der Waals surface area contributed by atoms with E-state index in [1.807, 2.05) is 54.4 Å². The number of carbonyl (C=O) groups is 3. The number of carbonyl (C=O) groups excluding carboxylic acids is 2. The van der Waals surface area contributed by atoms with Crippen molar-refractivity contribution in [1.82, 2.24) is 10.2 Å². The fraction of sp³-hybridized carbons (Fsp3) is 0.156. The zero-order valence-corrected chi connectivity index (χ0v) is 24.7. The lowest BCUT2D eigenvalue weighted by Crippen LogP contribution is -2.31. The Hall–Kier alpha value is -4.58. The molecule has 1 aliphatic heterocycles. The van der Waals surface area contributed by atoms with Gasteiger partial charge in [0.25, 0.3) is 5.91 Å². The Bertz CT molecular complexity index is 1600. The van der Waals surface area contributed by atoms with Gasteiger partial charge in [0.2, 0.25) is 5.91 Å². The molecular formula is C32H28IN3O6. The van der Waals surface area contributed by atoms with E-state index < -0.39 is 5.97 Å². The number of rotatable bonds is 9. The lowest BCUT2D eigenvalue weighted by Gasteiger charge is -2.28. The second-order valence-corrected chi connectivity index (χ2v) is 11.0. The highest BCUT2D eigenvalue weighted by Gasteiger charge is 2.40. The summed E-state index contributed by atoms with van der Waals surface area (Å²) in [4.78, 5) is 38.6. The summed E-state index contributed by atoms with van der Waals surface area (Å²) in [6.07, 6.45) is 3.26. The summed E-state index contributed by atoms with van der Waals surface area (Å²) in [5.74, 6) is -0.747. The lowest BCUT2D eigenvalue weighted by atomic mass is 9.91. The number of benzene rings is 3. The molecule has 0 saturated carbocycles. The van der Waals surface area contributed by atoms with Crippen LogP contribution in [-0.4, -0.2) is 52.5 Å². The molecule has 214 valence electrons. The number of aliphatic carboxylic acids is 1. The fourth-order valence-electron chi connectivity index (χ4n) is 4.92. The number of likely N-dealkylation sites (N-methyl/N-ethyl adjacent to an activating group) is 1. The van der Waals surface area contributed by atoms with Crippen molar-refractivity contribution in [3.63, 3.8) is 0 Å². The lowest BCUT2D eigenvalue weighted by molar-refractivity contribution is -0.132. The van der Waals surface area contributed by atoms with Crippen molar-refractivity contribution in [3.8, 4) is 11.5 Å². The van der Waals surface area contributed by atoms with Crippen LogP contribution in [0.5, 0.6) is 11.5 Å². The molecule has 5 rings (SSSR count). The van der Waals surface area contributed by atoms with Gasteiger partial charge in [0.05, 0.1) is 17.3 Å². The van der Waals surface area contributed by atoms with E-state index in [1.165, 1.54) is 0 Å². The van der Waals surface area contributed by atoms with E-state index in [9.17, 15) is 24.6 Å². The largest absolute Gasteiger partial charge is 0.507 e. The van der Waals surface area contributed by atoms with Gasteiger partial charge in [0.1, 0.15) is 17.3 Å². The average Bonchev–Trinajstić information content (AvgIpc) is 3.22. The molecule has 0 spiro atoms. The van der Waals surface area contributed by atoms with Crippen molar-refractivity contribution in [2.75, 3.05) is 18.9 Å². The Kier molecular flexibility index (Phi) is 8.62. The summed E-state index contributed by atoms with van der Waals surface area (Å²) >= 11 is 2.21. The average molecular weight is 677 g/mol. The number of aliphatic hydroxyl groups is 1. The van der Waals surface area contributed by atoms with Crippen LogP contribution in [-0.2, 0) is 9.59 Å². The summed E-state index contributed by atoms with van der Waals surface area (Å²) in [5, 5.41) is 25.2. The van der Waals surface area contributed by atoms with Crippen LogP contribution >= 0.6 is 22.6 Å². The second-order valence-electron chi connectivity index (χ2n) is 9.83. The van der Waals surface area contributed by atoms with Crippen LogP contribution in [0, 0.1) is 5.92 Å². The number of ether oxygens (including phenoxy) is 1. The summed E-state index contributed by atoms with van der Waals surface area (Å²) in [5.41, 5.74) is 2.74. The third-order valence-corrected chi connectivity index (χ3v) is 8.27. The maximum Gasteiger partial charge on any atom is 0.339 e. The Morgan fingerprint density at radius 2 is 1.60 bits per heavy atom. The first-order valence-electron chi connectivity index (χ1n) is 13.2. The van der Waals surface area contributed by atoms with Gasteiger partial charge in [0, 0.05) is 40.8 Å². The fourth-order valence-corrected chi connectivity index (χ4v) is 6.16. The smallest absolute Gasteiger partial charge is 0.339 e. The molecular weight excluding hydrogens is 649 g/mol. The molecule has 42 heavy (non-hydrogen) atoms. The van der Waals surface area contributed by atoms with Crippen molar-refractivity contribution in [2.24, 2.45) is 5.92 Å². The number of hydrogen-bond donors (Lipinski definition) is 4. The van der Waals surface area contributed by atoms with E-state index in [1.54, 1.807) is 48.6 Å². The molecule has 2 unspecified atom stereocenters. The number of nitrogens with one attached hydrogen (secondary N) is 2. The van der Waals surface area contributed by atoms with Crippen molar-refractivity contribution >= 4 is 51.8 Å². The van der Waals surface area contributed by atoms with E-state index in [2.05, 4.69) is 33.2 Å². The molecule has 0 fully saturated rings. The topological polar surface area (TPSA) is 128 Å². The summed E-state index contributed by atoms with van der Waals surface area (Å²) in [6, 6.07) is 23.3. The van der Waals surface area contributed by atoms with Crippen LogP contribution in [0.25, 0.3) is 5.70 Å². The van der Waals surface area contributed by atoms with Gasteiger partial charge in [-0.15, -0.1) is 0 Å². The maximum atomic E-state index is 12.7. The zero-order chi connectivity index (χ0) is 29.8. The molecule has 0 radical (unpaired) electrons. The van der Waals surface area contributed by atoms with Crippen LogP contribution in [0.4, 0.5) is 5.69 Å². The number of carboxylic acids is 1. The first kappa shape index (κ1) is 28.9. The van der Waals surface area contributed by atoms with E-state index in [-0.39, 0.29) is 48.1 Å². The number of para-hydroxylation sites is 1. The van der Waals surface area contributed by atoms with Gasteiger partial charge in [-0.2, -0.15) is 0 Å². The number of anilines is 1. The van der Waals surface area contributed by atoms with Gasteiger partial charge in [-0.25, -0.2) is 4.79 Å². The van der Waals surface area contributed by atoms with E-state index in [0.717, 1.165) is 20.6 Å². The van der Waals surface area contributed by atoms with Gasteiger partial charge in [0.15, 0.2) is 0 Å². The van der Waals surface area contributed by atoms with Gasteiger partial charge in [-0.3, -0.25) is 9.59 Å². The minimum absolute atomic E-state index is 0.105. The SMILES string of the molecule is CN1C(c2ccc(C(=O)NCCC(=O)Nc3ccc(Oc4ccccc4)cc3)cc2)=C(I)C2C=C(C(=O)O)C(O)=CC21. The predicted octanol–water partition coefficient (Wildman–Crippen LogP) is 5.74. The summed E-state index contributed by atoms with van der Waals surface area (Å²) in [6.45, 7) is 0.171. The van der Waals surface area contributed by atoms with Crippen LogP contribution in [0.2, 0.25) is 0 Å². The van der Waals surface area contributed by atoms with Gasteiger partial charge in [-0.05, 0) is 82.8 Å². The number of hydrogen-bond acceptors (Lipinski definition) is 6. The molecule has 3 aromatic carbocycles. The van der Waals surface area contributed by atoms with Crippen molar-refractivity contribution < 1.29 is 29.3 Å². The van der Waals surface area contributed by atoms with Crippen molar-refractivity contribution in [2.45, 2.75) is 12.5 Å². The number of fused-ring (bicyclic) bond motifs is 1. The molecule has 0 saturated heterocycles. The summed E-state index contributed by atoms with van der Waals surface area (Å²) < 4.78 is 6.71. The normalized spacial score (nSPS) is 17.6. The molecule has 2 aliphatic rings. The molecule has 10 heteroatoms. The minimum atomic E-state index is -1.17. The molecule has 9 nitrogen and oxygen atoms in total. The van der Waals surface area contributed by atoms with E-state index in [4.69, 9.17) is 4.74 Å². The van der Waals surface area contributed by atoms with Gasteiger partial charge < -0.3 is 30.5 Å². The summed E-state index contributed by atoms with van der Waals surface area (Å²) in [7, 11) is 1.89. The first-order chi connectivity index (χ1) is 20.2. The monoisotopic (exact) mass is 677 g/mol. The molecule has 4 N–H and O–H groups in total. The molecule has 2 amide bonds. The number of carboxylic acid groups (broad SMARTS) is 1. The second kappa shape index (κ2) is 12.5. The van der Waals surface area contributed by atoms with E-state index in [0.29, 0.717) is 17.0 Å². The van der Waals surface area contributed by atoms with Crippen LogP contribution in [0.3, 0.4) is 0 Å². The number of halogens is 1. The minimum Gasteiger partial charge on any atom is -0.507 e.